The quantitative estimate of drug-likeness (QED) is 0.808. The number of hydrogen-bond donors (Lipinski definition) is 1. The van der Waals surface area contributed by atoms with Crippen molar-refractivity contribution < 1.29 is 13.2 Å². The van der Waals surface area contributed by atoms with Crippen LogP contribution >= 0.6 is 0 Å². The molecule has 0 radical (unpaired) electrons. The molecule has 1 aromatic heterocycles. The number of nitrogens with zero attached hydrogens (tertiary/aromatic N) is 2. The van der Waals surface area contributed by atoms with E-state index in [1.807, 2.05) is 0 Å². The maximum absolute atomic E-state index is 12.5. The molecule has 24 heavy (non-hydrogen) atoms. The van der Waals surface area contributed by atoms with Crippen molar-refractivity contribution in [3.8, 4) is 5.75 Å². The van der Waals surface area contributed by atoms with Gasteiger partial charge in [0.2, 0.25) is 10.0 Å². The smallest absolute Gasteiger partial charge is 0.330 e. The summed E-state index contributed by atoms with van der Waals surface area (Å²) in [5.74, 6) is 0.657. The second-order valence-electron chi connectivity index (χ2n) is 5.29. The zero-order chi connectivity index (χ0) is 18.1. The molecule has 0 aliphatic carbocycles. The van der Waals surface area contributed by atoms with Gasteiger partial charge in [0.15, 0.2) is 4.90 Å². The number of rotatable bonds is 5. The molecule has 1 heterocycles. The highest BCUT2D eigenvalue weighted by Crippen LogP contribution is 2.12. The Kier molecular flexibility index (Phi) is 4.95. The third-order valence-electron chi connectivity index (χ3n) is 3.80. The first-order valence-corrected chi connectivity index (χ1v) is 8.56. The molecule has 0 amide bonds. The Bertz CT molecular complexity index is 972. The standard InChI is InChI=1S/C15H19N3O5S/c1-10-13(14(19)18(3)15(20)17(10)2)24(21,22)16-9-11-5-7-12(23-4)8-6-11/h5-8,16H,9H2,1-4H3. The van der Waals surface area contributed by atoms with Crippen molar-refractivity contribution in [3.63, 3.8) is 0 Å². The Balaban J connectivity index is 2.37. The molecule has 0 spiro atoms. The molecule has 0 saturated carbocycles. The van der Waals surface area contributed by atoms with Crippen LogP contribution in [-0.4, -0.2) is 24.7 Å². The van der Waals surface area contributed by atoms with E-state index in [9.17, 15) is 18.0 Å². The van der Waals surface area contributed by atoms with E-state index in [0.717, 1.165) is 9.13 Å². The van der Waals surface area contributed by atoms with Gasteiger partial charge >= 0.3 is 5.69 Å². The number of benzene rings is 1. The average molecular weight is 353 g/mol. The summed E-state index contributed by atoms with van der Waals surface area (Å²) in [5.41, 5.74) is -0.631. The van der Waals surface area contributed by atoms with Gasteiger partial charge in [0.25, 0.3) is 5.56 Å². The van der Waals surface area contributed by atoms with Crippen LogP contribution in [-0.2, 0) is 30.7 Å². The fraction of sp³-hybridized carbons (Fsp3) is 0.333. The minimum Gasteiger partial charge on any atom is -0.497 e. The van der Waals surface area contributed by atoms with Crippen LogP contribution in [0.15, 0.2) is 38.8 Å². The van der Waals surface area contributed by atoms with Gasteiger partial charge < -0.3 is 4.74 Å². The second kappa shape index (κ2) is 6.62. The van der Waals surface area contributed by atoms with Gasteiger partial charge in [-0.05, 0) is 24.6 Å². The first-order chi connectivity index (χ1) is 11.2. The van der Waals surface area contributed by atoms with Crippen molar-refractivity contribution in [2.75, 3.05) is 7.11 Å². The summed E-state index contributed by atoms with van der Waals surface area (Å²) in [5, 5.41) is 0. The van der Waals surface area contributed by atoms with Gasteiger partial charge in [-0.3, -0.25) is 13.9 Å². The molecule has 2 aromatic rings. The number of nitrogens with one attached hydrogen (secondary N) is 1. The highest BCUT2D eigenvalue weighted by Gasteiger charge is 2.24. The Morgan fingerprint density at radius 1 is 1.08 bits per heavy atom. The predicted molar refractivity (Wildman–Crippen MR) is 88.7 cm³/mol. The van der Waals surface area contributed by atoms with Crippen LogP contribution in [0.2, 0.25) is 0 Å². The summed E-state index contributed by atoms with van der Waals surface area (Å²) >= 11 is 0. The SMILES string of the molecule is COc1ccc(CNS(=O)(=O)c2c(C)n(C)c(=O)n(C)c2=O)cc1. The van der Waals surface area contributed by atoms with Crippen LogP contribution in [0.4, 0.5) is 0 Å². The van der Waals surface area contributed by atoms with Crippen molar-refractivity contribution >= 4 is 10.0 Å². The number of sulfonamides is 1. The molecule has 0 atom stereocenters. The van der Waals surface area contributed by atoms with Crippen LogP contribution in [0.1, 0.15) is 11.3 Å². The summed E-state index contributed by atoms with van der Waals surface area (Å²) in [7, 11) is 0.125. The third-order valence-corrected chi connectivity index (χ3v) is 5.33. The van der Waals surface area contributed by atoms with E-state index >= 15 is 0 Å². The van der Waals surface area contributed by atoms with Gasteiger partial charge in [-0.15, -0.1) is 0 Å². The summed E-state index contributed by atoms with van der Waals surface area (Å²) in [4.78, 5) is 23.6. The largest absolute Gasteiger partial charge is 0.497 e. The maximum Gasteiger partial charge on any atom is 0.330 e. The summed E-state index contributed by atoms with van der Waals surface area (Å²) < 4.78 is 34.4. The lowest BCUT2D eigenvalue weighted by Gasteiger charge is -2.13. The molecule has 8 nitrogen and oxygen atoms in total. The number of ether oxygens (including phenoxy) is 1. The first-order valence-electron chi connectivity index (χ1n) is 7.08. The van der Waals surface area contributed by atoms with E-state index in [1.165, 1.54) is 28.1 Å². The van der Waals surface area contributed by atoms with Gasteiger partial charge in [-0.1, -0.05) is 12.1 Å². The molecule has 130 valence electrons. The Labute approximate surface area is 139 Å². The zero-order valence-corrected chi connectivity index (χ0v) is 14.7. The molecule has 0 bridgehead atoms. The summed E-state index contributed by atoms with van der Waals surface area (Å²) in [6.07, 6.45) is 0. The van der Waals surface area contributed by atoms with Gasteiger partial charge in [-0.2, -0.15) is 0 Å². The Hall–Kier alpha value is -2.39. The fourth-order valence-corrected chi connectivity index (χ4v) is 3.61. The van der Waals surface area contributed by atoms with Crippen molar-refractivity contribution in [2.24, 2.45) is 14.1 Å². The van der Waals surface area contributed by atoms with E-state index < -0.39 is 26.2 Å². The van der Waals surface area contributed by atoms with Crippen LogP contribution in [0.25, 0.3) is 0 Å². The first kappa shape index (κ1) is 18.0. The van der Waals surface area contributed by atoms with E-state index in [2.05, 4.69) is 4.72 Å². The van der Waals surface area contributed by atoms with Gasteiger partial charge in [-0.25, -0.2) is 17.9 Å². The molecular formula is C15H19N3O5S. The lowest BCUT2D eigenvalue weighted by atomic mass is 10.2. The second-order valence-corrected chi connectivity index (χ2v) is 7.00. The van der Waals surface area contributed by atoms with Crippen LogP contribution in [0.5, 0.6) is 5.75 Å². The van der Waals surface area contributed by atoms with E-state index in [1.54, 1.807) is 24.3 Å². The Morgan fingerprint density at radius 3 is 2.21 bits per heavy atom. The molecule has 9 heteroatoms. The minimum absolute atomic E-state index is 0.0117. The van der Waals surface area contributed by atoms with E-state index in [4.69, 9.17) is 4.74 Å². The summed E-state index contributed by atoms with van der Waals surface area (Å²) in [6.45, 7) is 1.43. The predicted octanol–water partition coefficient (Wildman–Crippen LogP) is -0.120. The van der Waals surface area contributed by atoms with Gasteiger partial charge in [0.05, 0.1) is 7.11 Å². The Morgan fingerprint density at radius 2 is 1.67 bits per heavy atom. The van der Waals surface area contributed by atoms with Crippen molar-refractivity contribution in [2.45, 2.75) is 18.4 Å². The van der Waals surface area contributed by atoms with Crippen LogP contribution < -0.4 is 20.7 Å². The minimum atomic E-state index is -4.07. The van der Waals surface area contributed by atoms with Crippen molar-refractivity contribution in [3.05, 3.63) is 56.4 Å². The topological polar surface area (TPSA) is 99.4 Å². The maximum atomic E-state index is 12.5. The number of hydrogen-bond acceptors (Lipinski definition) is 5. The fourth-order valence-electron chi connectivity index (χ4n) is 2.22. The van der Waals surface area contributed by atoms with E-state index in [-0.39, 0.29) is 12.2 Å². The van der Waals surface area contributed by atoms with Crippen LogP contribution in [0.3, 0.4) is 0 Å². The molecule has 0 fully saturated rings. The lowest BCUT2D eigenvalue weighted by molar-refractivity contribution is 0.414. The third kappa shape index (κ3) is 3.26. The molecule has 0 aliphatic rings. The summed E-state index contributed by atoms with van der Waals surface area (Å²) in [6, 6.07) is 6.85. The monoisotopic (exact) mass is 353 g/mol. The molecular weight excluding hydrogens is 334 g/mol. The van der Waals surface area contributed by atoms with Crippen molar-refractivity contribution in [1.82, 2.24) is 13.9 Å². The average Bonchev–Trinajstić information content (AvgIpc) is 2.57. The normalized spacial score (nSPS) is 11.5. The van der Waals surface area contributed by atoms with Gasteiger partial charge in [0.1, 0.15) is 5.75 Å². The highest BCUT2D eigenvalue weighted by molar-refractivity contribution is 7.89. The molecule has 2 rings (SSSR count). The van der Waals surface area contributed by atoms with Gasteiger partial charge in [0, 0.05) is 26.3 Å². The molecule has 0 unspecified atom stereocenters. The van der Waals surface area contributed by atoms with E-state index in [0.29, 0.717) is 11.3 Å². The molecule has 0 saturated heterocycles. The number of aromatic nitrogens is 2. The van der Waals surface area contributed by atoms with Crippen molar-refractivity contribution in [1.29, 1.82) is 0 Å². The molecule has 1 N–H and O–H groups in total. The lowest BCUT2D eigenvalue weighted by Crippen LogP contribution is -2.43. The van der Waals surface area contributed by atoms with Crippen LogP contribution in [0, 0.1) is 6.92 Å². The number of methoxy groups -OCH3 is 1. The molecule has 1 aromatic carbocycles. The molecule has 0 aliphatic heterocycles. The highest BCUT2D eigenvalue weighted by atomic mass is 32.2. The zero-order valence-electron chi connectivity index (χ0n) is 13.9.